The van der Waals surface area contributed by atoms with Gasteiger partial charge >= 0.3 is 13.8 Å². The molecule has 0 radical (unpaired) electrons. The zero-order chi connectivity index (χ0) is 57.2. The summed E-state index contributed by atoms with van der Waals surface area (Å²) in [6.07, 6.45) is 78.2. The summed E-state index contributed by atoms with van der Waals surface area (Å²) in [6, 6.07) is -0.881. The maximum absolute atomic E-state index is 13.5. The van der Waals surface area contributed by atoms with Crippen molar-refractivity contribution < 1.29 is 37.3 Å². The number of phosphoric ester groups is 1. The number of unbranched alkanes of at least 4 members (excludes halogenated alkanes) is 24. The number of nitrogens with zero attached hydrogens (tertiary/aromatic N) is 1. The standard InChI is InChI=1S/C68H119N2O7P/c1-7-10-13-16-19-22-25-28-29-30-31-32-33-34-35-36-37-38-39-40-41-43-45-48-51-54-57-60-67(71)69-65(64-76-78(73,74)75-63-62-70(4,5)6)66(59-56-53-50-47-44-27-24-21-18-15-12-9-3)77-68(72)61-58-55-52-49-46-42-26-23-20-17-14-11-8-2/h10,13,19,22,28-29,31-32,34-35,37-38,42,46,52,55-56,59,65-66H,7-9,11-12,14-18,20-21,23-27,30,33,36,39-41,43-45,47-51,53-54,57-58,60-64H2,1-6H3,(H-,69,71,73,74)/p+1/b13-10-,22-19-,29-28-,32-31-,35-34-,38-37-,46-42-,55-52+,59-56-. The predicted molar refractivity (Wildman–Crippen MR) is 337 cm³/mol. The van der Waals surface area contributed by atoms with Crippen molar-refractivity contribution >= 4 is 19.7 Å². The van der Waals surface area contributed by atoms with E-state index in [-0.39, 0.29) is 25.5 Å². The van der Waals surface area contributed by atoms with Gasteiger partial charge in [-0.15, -0.1) is 0 Å². The van der Waals surface area contributed by atoms with Crippen LogP contribution in [-0.4, -0.2) is 74.3 Å². The van der Waals surface area contributed by atoms with Gasteiger partial charge in [-0.1, -0.05) is 252 Å². The van der Waals surface area contributed by atoms with Crippen LogP contribution in [0.5, 0.6) is 0 Å². The molecule has 9 nitrogen and oxygen atoms in total. The fourth-order valence-electron chi connectivity index (χ4n) is 8.58. The lowest BCUT2D eigenvalue weighted by atomic mass is 10.0. The number of ether oxygens (including phenoxy) is 1. The van der Waals surface area contributed by atoms with E-state index in [4.69, 9.17) is 13.8 Å². The molecule has 3 atom stereocenters. The zero-order valence-corrected chi connectivity index (χ0v) is 52.0. The molecule has 2 N–H and O–H groups in total. The van der Waals surface area contributed by atoms with Gasteiger partial charge in [0.15, 0.2) is 0 Å². The summed E-state index contributed by atoms with van der Waals surface area (Å²) in [5.74, 6) is -0.598. The van der Waals surface area contributed by atoms with Gasteiger partial charge in [-0.3, -0.25) is 18.6 Å². The summed E-state index contributed by atoms with van der Waals surface area (Å²) in [5, 5.41) is 3.03. The van der Waals surface area contributed by atoms with Gasteiger partial charge in [0.05, 0.1) is 33.8 Å². The molecule has 0 heterocycles. The Bertz CT molecular complexity index is 1700. The summed E-state index contributed by atoms with van der Waals surface area (Å²) in [6.45, 7) is 6.84. The van der Waals surface area contributed by atoms with Crippen LogP contribution in [0.4, 0.5) is 0 Å². The minimum atomic E-state index is -4.47. The number of carbonyl (C=O) groups excluding carboxylic acids is 2. The Kier molecular flexibility index (Phi) is 54.5. The Hall–Kier alpha value is -3.33. The van der Waals surface area contributed by atoms with Crippen LogP contribution in [0.25, 0.3) is 0 Å². The molecular formula is C68H120N2O7P+. The minimum Gasteiger partial charge on any atom is -0.456 e. The van der Waals surface area contributed by atoms with Crippen molar-refractivity contribution in [1.29, 1.82) is 0 Å². The largest absolute Gasteiger partial charge is 0.472 e. The number of amides is 1. The molecule has 0 aromatic rings. The number of rotatable bonds is 56. The van der Waals surface area contributed by atoms with Crippen molar-refractivity contribution in [2.45, 2.75) is 270 Å². The third-order valence-electron chi connectivity index (χ3n) is 13.5. The molecule has 0 saturated carbocycles. The molecule has 0 fully saturated rings. The van der Waals surface area contributed by atoms with Crippen LogP contribution in [0.3, 0.4) is 0 Å². The van der Waals surface area contributed by atoms with E-state index in [9.17, 15) is 19.0 Å². The van der Waals surface area contributed by atoms with Crippen molar-refractivity contribution in [1.82, 2.24) is 5.32 Å². The van der Waals surface area contributed by atoms with Crippen LogP contribution in [0.15, 0.2) is 109 Å². The van der Waals surface area contributed by atoms with Gasteiger partial charge in [-0.05, 0) is 102 Å². The molecule has 1 amide bonds. The van der Waals surface area contributed by atoms with Crippen molar-refractivity contribution in [2.24, 2.45) is 0 Å². The van der Waals surface area contributed by atoms with E-state index in [0.717, 1.165) is 103 Å². The quantitative estimate of drug-likeness (QED) is 0.0205. The normalized spacial score (nSPS) is 14.4. The van der Waals surface area contributed by atoms with Crippen LogP contribution < -0.4 is 5.32 Å². The lowest BCUT2D eigenvalue weighted by Crippen LogP contribution is -2.47. The molecule has 78 heavy (non-hydrogen) atoms. The molecular weight excluding hydrogens is 988 g/mol. The number of quaternary nitrogens is 1. The highest BCUT2D eigenvalue weighted by Crippen LogP contribution is 2.43. The maximum atomic E-state index is 13.5. The molecule has 0 spiro atoms. The van der Waals surface area contributed by atoms with Crippen LogP contribution in [0.1, 0.15) is 258 Å². The second-order valence-corrected chi connectivity index (χ2v) is 23.6. The van der Waals surface area contributed by atoms with Crippen LogP contribution in [-0.2, 0) is 27.9 Å². The molecule has 0 aromatic heterocycles. The van der Waals surface area contributed by atoms with Gasteiger partial charge in [-0.2, -0.15) is 0 Å². The molecule has 0 bridgehead atoms. The smallest absolute Gasteiger partial charge is 0.456 e. The fourth-order valence-corrected chi connectivity index (χ4v) is 9.32. The Morgan fingerprint density at radius 1 is 0.462 bits per heavy atom. The number of allylic oxidation sites excluding steroid dienone is 17. The molecule has 3 unspecified atom stereocenters. The van der Waals surface area contributed by atoms with Crippen LogP contribution in [0.2, 0.25) is 0 Å². The Morgan fingerprint density at radius 2 is 0.833 bits per heavy atom. The number of esters is 1. The zero-order valence-electron chi connectivity index (χ0n) is 51.1. The average molecular weight is 1110 g/mol. The molecule has 0 saturated heterocycles. The van der Waals surface area contributed by atoms with Crippen molar-refractivity contribution in [2.75, 3.05) is 40.9 Å². The van der Waals surface area contributed by atoms with E-state index in [1.165, 1.54) is 116 Å². The van der Waals surface area contributed by atoms with E-state index in [1.54, 1.807) is 0 Å². The number of carbonyl (C=O) groups is 2. The molecule has 0 aliphatic rings. The Balaban J connectivity index is 5.17. The number of likely N-dealkylation sites (N-methyl/N-ethyl adjacent to an activating group) is 1. The summed E-state index contributed by atoms with van der Waals surface area (Å²) >= 11 is 0. The fraction of sp³-hybridized carbons (Fsp3) is 0.706. The highest BCUT2D eigenvalue weighted by molar-refractivity contribution is 7.47. The number of phosphoric acid groups is 1. The van der Waals surface area contributed by atoms with E-state index in [0.29, 0.717) is 23.9 Å². The van der Waals surface area contributed by atoms with E-state index in [1.807, 2.05) is 39.4 Å². The highest BCUT2D eigenvalue weighted by Gasteiger charge is 2.30. The third kappa shape index (κ3) is 57.4. The van der Waals surface area contributed by atoms with Crippen molar-refractivity contribution in [3.05, 3.63) is 109 Å². The summed E-state index contributed by atoms with van der Waals surface area (Å²) in [5.41, 5.74) is 0. The van der Waals surface area contributed by atoms with Gasteiger partial charge in [0.25, 0.3) is 0 Å². The molecule has 0 aromatic carbocycles. The first-order chi connectivity index (χ1) is 37.9. The average Bonchev–Trinajstić information content (AvgIpc) is 3.40. The van der Waals surface area contributed by atoms with Gasteiger partial charge in [0, 0.05) is 12.8 Å². The topological polar surface area (TPSA) is 111 Å². The number of hydrogen-bond acceptors (Lipinski definition) is 6. The third-order valence-corrected chi connectivity index (χ3v) is 14.4. The van der Waals surface area contributed by atoms with Crippen LogP contribution >= 0.6 is 7.82 Å². The van der Waals surface area contributed by atoms with E-state index >= 15 is 0 Å². The number of nitrogens with one attached hydrogen (secondary N) is 1. The number of hydrogen-bond donors (Lipinski definition) is 2. The maximum Gasteiger partial charge on any atom is 0.472 e. The van der Waals surface area contributed by atoms with Crippen molar-refractivity contribution in [3.63, 3.8) is 0 Å². The van der Waals surface area contributed by atoms with Gasteiger partial charge in [0.1, 0.15) is 19.3 Å². The van der Waals surface area contributed by atoms with Gasteiger partial charge in [-0.25, -0.2) is 4.57 Å². The highest BCUT2D eigenvalue weighted by atomic mass is 31.2. The Morgan fingerprint density at radius 3 is 1.26 bits per heavy atom. The van der Waals surface area contributed by atoms with Crippen LogP contribution in [0, 0.1) is 0 Å². The summed E-state index contributed by atoms with van der Waals surface area (Å²) in [7, 11) is 1.45. The first-order valence-electron chi connectivity index (χ1n) is 31.7. The molecule has 0 rings (SSSR count). The van der Waals surface area contributed by atoms with Crippen molar-refractivity contribution in [3.8, 4) is 0 Å². The molecule has 0 aliphatic carbocycles. The molecule has 10 heteroatoms. The van der Waals surface area contributed by atoms with E-state index in [2.05, 4.69) is 117 Å². The lowest BCUT2D eigenvalue weighted by molar-refractivity contribution is -0.870. The molecule has 448 valence electrons. The van der Waals surface area contributed by atoms with Gasteiger partial charge in [0.2, 0.25) is 5.91 Å². The lowest BCUT2D eigenvalue weighted by Gasteiger charge is -2.27. The first kappa shape index (κ1) is 74.7. The predicted octanol–water partition coefficient (Wildman–Crippen LogP) is 19.7. The SMILES string of the molecule is CC/C=C\C/C=C\C/C=C\C/C=C\C/C=C\C/C=C\CCCCCCCCCCC(=O)NC(COP(=O)(O)OCC[N+](C)(C)C)C(/C=C\CCCCCCCCCCCC)OC(=O)CC/C=C/C/C=C\CCCCCCCC. The Labute approximate surface area is 481 Å². The monoisotopic (exact) mass is 1110 g/mol. The van der Waals surface area contributed by atoms with Gasteiger partial charge < -0.3 is 19.4 Å². The second-order valence-electron chi connectivity index (χ2n) is 22.2. The summed E-state index contributed by atoms with van der Waals surface area (Å²) < 4.78 is 30.6. The van der Waals surface area contributed by atoms with E-state index < -0.39 is 25.9 Å². The second kappa shape index (κ2) is 56.9. The first-order valence-corrected chi connectivity index (χ1v) is 33.2. The molecule has 0 aliphatic heterocycles. The minimum absolute atomic E-state index is 0.0260. The summed E-state index contributed by atoms with van der Waals surface area (Å²) in [4.78, 5) is 37.6.